The molecule has 1 unspecified atom stereocenters. The second-order valence-electron chi connectivity index (χ2n) is 5.78. The number of carbonyl (C=O) groups excluding carboxylic acids is 1. The highest BCUT2D eigenvalue weighted by atomic mass is 16.2. The van der Waals surface area contributed by atoms with Crippen LogP contribution in [0.4, 0.5) is 5.95 Å². The Morgan fingerprint density at radius 1 is 1.30 bits per heavy atom. The van der Waals surface area contributed by atoms with E-state index < -0.39 is 0 Å². The summed E-state index contributed by atoms with van der Waals surface area (Å²) in [7, 11) is 0. The van der Waals surface area contributed by atoms with E-state index in [2.05, 4.69) is 25.3 Å². The minimum absolute atomic E-state index is 0.0770. The van der Waals surface area contributed by atoms with E-state index in [1.807, 2.05) is 13.0 Å². The molecule has 0 aromatic carbocycles. The van der Waals surface area contributed by atoms with Crippen molar-refractivity contribution in [1.29, 1.82) is 0 Å². The molecule has 122 valence electrons. The average molecular weight is 314 g/mol. The fourth-order valence-corrected chi connectivity index (χ4v) is 2.68. The zero-order valence-corrected chi connectivity index (χ0v) is 13.4. The molecule has 1 N–H and O–H groups in total. The van der Waals surface area contributed by atoms with Gasteiger partial charge in [0.1, 0.15) is 6.04 Å². The number of nitrogens with one attached hydrogen (secondary N) is 1. The van der Waals surface area contributed by atoms with Gasteiger partial charge in [0.05, 0.1) is 12.2 Å². The maximum Gasteiger partial charge on any atom is 0.244 e. The lowest BCUT2D eigenvalue weighted by Gasteiger charge is -2.26. The van der Waals surface area contributed by atoms with Crippen LogP contribution in [0.15, 0.2) is 30.7 Å². The third kappa shape index (κ3) is 3.85. The lowest BCUT2D eigenvalue weighted by Crippen LogP contribution is -2.32. The number of anilines is 1. The van der Waals surface area contributed by atoms with Crippen molar-refractivity contribution >= 4 is 11.9 Å². The first-order chi connectivity index (χ1) is 11.2. The Hall–Kier alpha value is -2.44. The molecule has 0 radical (unpaired) electrons. The standard InChI is InChI=1S/C16H22N6O/c1-13(22-11-5-7-19-22)15(23)18-12-14-6-8-17-16(20-14)21-9-3-2-4-10-21/h5-8,11,13H,2-4,9-10,12H2,1H3,(H,18,23). The fraction of sp³-hybridized carbons (Fsp3) is 0.500. The highest BCUT2D eigenvalue weighted by molar-refractivity contribution is 5.79. The first kappa shape index (κ1) is 15.5. The van der Waals surface area contributed by atoms with Gasteiger partial charge in [-0.15, -0.1) is 0 Å². The van der Waals surface area contributed by atoms with E-state index in [1.54, 1.807) is 29.3 Å². The fourth-order valence-electron chi connectivity index (χ4n) is 2.68. The number of carbonyl (C=O) groups is 1. The maximum atomic E-state index is 12.2. The predicted molar refractivity (Wildman–Crippen MR) is 86.9 cm³/mol. The van der Waals surface area contributed by atoms with E-state index in [4.69, 9.17) is 0 Å². The topological polar surface area (TPSA) is 75.9 Å². The normalized spacial score (nSPS) is 16.1. The lowest BCUT2D eigenvalue weighted by molar-refractivity contribution is -0.124. The summed E-state index contributed by atoms with van der Waals surface area (Å²) in [5, 5.41) is 7.00. The van der Waals surface area contributed by atoms with Crippen LogP contribution in [0.1, 0.15) is 37.9 Å². The minimum Gasteiger partial charge on any atom is -0.349 e. The van der Waals surface area contributed by atoms with E-state index in [0.29, 0.717) is 6.54 Å². The number of hydrogen-bond donors (Lipinski definition) is 1. The number of hydrogen-bond acceptors (Lipinski definition) is 5. The third-order valence-electron chi connectivity index (χ3n) is 4.08. The number of amides is 1. The van der Waals surface area contributed by atoms with Gasteiger partial charge in [-0.1, -0.05) is 0 Å². The Kier molecular flexibility index (Phi) is 4.85. The molecule has 1 atom stereocenters. The predicted octanol–water partition coefficient (Wildman–Crippen LogP) is 1.54. The van der Waals surface area contributed by atoms with Gasteiger partial charge in [-0.3, -0.25) is 9.48 Å². The molecule has 7 heteroatoms. The van der Waals surface area contributed by atoms with Gasteiger partial charge in [0.2, 0.25) is 11.9 Å². The van der Waals surface area contributed by atoms with Crippen molar-refractivity contribution in [1.82, 2.24) is 25.1 Å². The first-order valence-electron chi connectivity index (χ1n) is 8.08. The van der Waals surface area contributed by atoms with E-state index in [9.17, 15) is 4.79 Å². The molecule has 2 aromatic rings. The molecule has 0 bridgehead atoms. The maximum absolute atomic E-state index is 12.2. The van der Waals surface area contributed by atoms with E-state index >= 15 is 0 Å². The van der Waals surface area contributed by atoms with Crippen molar-refractivity contribution in [2.45, 2.75) is 38.8 Å². The van der Waals surface area contributed by atoms with Crippen LogP contribution in [-0.2, 0) is 11.3 Å². The molecule has 7 nitrogen and oxygen atoms in total. The van der Waals surface area contributed by atoms with Gasteiger partial charge in [0.15, 0.2) is 0 Å². The number of piperidine rings is 1. The van der Waals surface area contributed by atoms with Crippen molar-refractivity contribution in [3.05, 3.63) is 36.4 Å². The summed E-state index contributed by atoms with van der Waals surface area (Å²) in [6.07, 6.45) is 8.85. The molecular weight excluding hydrogens is 292 g/mol. The summed E-state index contributed by atoms with van der Waals surface area (Å²) in [5.41, 5.74) is 0.821. The Morgan fingerprint density at radius 2 is 2.13 bits per heavy atom. The molecule has 0 spiro atoms. The Bertz CT molecular complexity index is 636. The second-order valence-corrected chi connectivity index (χ2v) is 5.78. The molecule has 0 aliphatic carbocycles. The average Bonchev–Trinajstić information content (AvgIpc) is 3.14. The SMILES string of the molecule is CC(C(=O)NCc1ccnc(N2CCCCC2)n1)n1cccn1. The summed E-state index contributed by atoms with van der Waals surface area (Å²) in [6.45, 7) is 4.23. The first-order valence-corrected chi connectivity index (χ1v) is 8.08. The van der Waals surface area contributed by atoms with Crippen molar-refractivity contribution in [2.75, 3.05) is 18.0 Å². The van der Waals surface area contributed by atoms with Gasteiger partial charge in [-0.2, -0.15) is 5.10 Å². The molecule has 23 heavy (non-hydrogen) atoms. The minimum atomic E-state index is -0.339. The van der Waals surface area contributed by atoms with Crippen molar-refractivity contribution in [3.63, 3.8) is 0 Å². The van der Waals surface area contributed by atoms with Crippen LogP contribution < -0.4 is 10.2 Å². The molecule has 3 rings (SSSR count). The molecule has 2 aromatic heterocycles. The molecule has 1 fully saturated rings. The van der Waals surface area contributed by atoms with Gasteiger partial charge in [-0.25, -0.2) is 9.97 Å². The molecule has 1 amide bonds. The van der Waals surface area contributed by atoms with E-state index in [1.165, 1.54) is 19.3 Å². The molecule has 1 aliphatic rings. The largest absolute Gasteiger partial charge is 0.349 e. The molecule has 3 heterocycles. The van der Waals surface area contributed by atoms with Crippen LogP contribution in [0.2, 0.25) is 0 Å². The van der Waals surface area contributed by atoms with Gasteiger partial charge >= 0.3 is 0 Å². The summed E-state index contributed by atoms with van der Waals surface area (Å²) >= 11 is 0. The molecule has 1 saturated heterocycles. The monoisotopic (exact) mass is 314 g/mol. The van der Waals surface area contributed by atoms with E-state index in [0.717, 1.165) is 24.7 Å². The van der Waals surface area contributed by atoms with Gasteiger partial charge in [-0.05, 0) is 38.3 Å². The summed E-state index contributed by atoms with van der Waals surface area (Å²) in [4.78, 5) is 23.3. The van der Waals surface area contributed by atoms with Crippen molar-refractivity contribution in [2.24, 2.45) is 0 Å². The van der Waals surface area contributed by atoms with Crippen LogP contribution >= 0.6 is 0 Å². The van der Waals surface area contributed by atoms with Crippen molar-refractivity contribution in [3.8, 4) is 0 Å². The summed E-state index contributed by atoms with van der Waals surface area (Å²) in [6, 6.07) is 3.30. The molecule has 1 aliphatic heterocycles. The summed E-state index contributed by atoms with van der Waals surface area (Å²) < 4.78 is 1.63. The van der Waals surface area contributed by atoms with Crippen LogP contribution in [-0.4, -0.2) is 38.7 Å². The quantitative estimate of drug-likeness (QED) is 0.906. The second kappa shape index (κ2) is 7.21. The highest BCUT2D eigenvalue weighted by Crippen LogP contribution is 2.15. The van der Waals surface area contributed by atoms with Gasteiger partial charge in [0, 0.05) is 31.7 Å². The Morgan fingerprint density at radius 3 is 2.87 bits per heavy atom. The lowest BCUT2D eigenvalue weighted by atomic mass is 10.1. The van der Waals surface area contributed by atoms with Crippen molar-refractivity contribution < 1.29 is 4.79 Å². The van der Waals surface area contributed by atoms with E-state index in [-0.39, 0.29) is 11.9 Å². The zero-order chi connectivity index (χ0) is 16.1. The number of nitrogens with zero attached hydrogens (tertiary/aromatic N) is 5. The Balaban J connectivity index is 1.58. The number of aromatic nitrogens is 4. The smallest absolute Gasteiger partial charge is 0.244 e. The van der Waals surface area contributed by atoms with Gasteiger partial charge < -0.3 is 10.2 Å². The van der Waals surface area contributed by atoms with Crippen LogP contribution in [0.5, 0.6) is 0 Å². The van der Waals surface area contributed by atoms with Crippen LogP contribution in [0, 0.1) is 0 Å². The molecule has 0 saturated carbocycles. The number of rotatable bonds is 5. The van der Waals surface area contributed by atoms with Crippen LogP contribution in [0.25, 0.3) is 0 Å². The Labute approximate surface area is 135 Å². The van der Waals surface area contributed by atoms with Gasteiger partial charge in [0.25, 0.3) is 0 Å². The highest BCUT2D eigenvalue weighted by Gasteiger charge is 2.16. The summed E-state index contributed by atoms with van der Waals surface area (Å²) in [5.74, 6) is 0.684. The third-order valence-corrected chi connectivity index (χ3v) is 4.08. The zero-order valence-electron chi connectivity index (χ0n) is 13.4. The van der Waals surface area contributed by atoms with Crippen LogP contribution in [0.3, 0.4) is 0 Å². The molecular formula is C16H22N6O.